The van der Waals surface area contributed by atoms with Gasteiger partial charge in [-0.05, 0) is 30.2 Å². The highest BCUT2D eigenvalue weighted by atomic mass is 19.1. The Balaban J connectivity index is 2.01. The zero-order valence-corrected chi connectivity index (χ0v) is 14.6. The first-order valence-electron chi connectivity index (χ1n) is 8.64. The molecule has 0 unspecified atom stereocenters. The van der Waals surface area contributed by atoms with E-state index in [4.69, 9.17) is 5.73 Å². The van der Waals surface area contributed by atoms with Crippen LogP contribution in [0.2, 0.25) is 0 Å². The van der Waals surface area contributed by atoms with Crippen molar-refractivity contribution in [1.29, 1.82) is 0 Å². The summed E-state index contributed by atoms with van der Waals surface area (Å²) in [5, 5.41) is 1.41. The number of halogens is 1. The molecule has 4 rings (SSSR count). The van der Waals surface area contributed by atoms with Crippen LogP contribution in [0.4, 0.5) is 4.39 Å². The monoisotopic (exact) mass is 363 g/mol. The summed E-state index contributed by atoms with van der Waals surface area (Å²) in [5.74, 6) is -1.41. The van der Waals surface area contributed by atoms with Gasteiger partial charge in [0.25, 0.3) is 5.91 Å². The summed E-state index contributed by atoms with van der Waals surface area (Å²) in [6, 6.07) is 8.63. The second kappa shape index (κ2) is 6.39. The third kappa shape index (κ3) is 2.70. The van der Waals surface area contributed by atoms with Crippen LogP contribution in [0.3, 0.4) is 0 Å². The number of rotatable bonds is 3. The maximum absolute atomic E-state index is 15.2. The van der Waals surface area contributed by atoms with E-state index >= 15 is 4.39 Å². The number of nitrogens with one attached hydrogen (secondary N) is 1. The summed E-state index contributed by atoms with van der Waals surface area (Å²) in [7, 11) is 0. The van der Waals surface area contributed by atoms with Crippen LogP contribution in [-0.4, -0.2) is 34.8 Å². The van der Waals surface area contributed by atoms with Crippen LogP contribution in [-0.2, 0) is 4.79 Å². The van der Waals surface area contributed by atoms with Crippen molar-refractivity contribution in [2.24, 2.45) is 5.73 Å². The standard InChI is InChI=1S/C21H18FN3O2/c1-2-17(26)25-9-5-6-12(11-25)18-15(22)10-14(21(23)27)20-19(18)13-7-3-4-8-16(13)24-20/h2-4,6-8,10,24H,1,5,9,11H2,(H2,23,27). The number of hydrogen-bond donors (Lipinski definition) is 2. The van der Waals surface area contributed by atoms with E-state index in [0.29, 0.717) is 35.0 Å². The van der Waals surface area contributed by atoms with Gasteiger partial charge in [-0.15, -0.1) is 0 Å². The summed E-state index contributed by atoms with van der Waals surface area (Å²) < 4.78 is 15.2. The molecule has 0 fully saturated rings. The minimum absolute atomic E-state index is 0.109. The van der Waals surface area contributed by atoms with E-state index < -0.39 is 11.7 Å². The fourth-order valence-electron chi connectivity index (χ4n) is 3.74. The second-order valence-electron chi connectivity index (χ2n) is 6.55. The number of primary amides is 1. The van der Waals surface area contributed by atoms with Crippen LogP contribution < -0.4 is 5.73 Å². The van der Waals surface area contributed by atoms with Crippen molar-refractivity contribution in [2.75, 3.05) is 13.1 Å². The molecule has 136 valence electrons. The van der Waals surface area contributed by atoms with Gasteiger partial charge in [0.2, 0.25) is 5.91 Å². The summed E-state index contributed by atoms with van der Waals surface area (Å²) in [6.45, 7) is 4.37. The summed E-state index contributed by atoms with van der Waals surface area (Å²) in [5.41, 5.74) is 7.99. The van der Waals surface area contributed by atoms with E-state index in [1.807, 2.05) is 30.3 Å². The van der Waals surface area contributed by atoms with E-state index in [-0.39, 0.29) is 18.0 Å². The second-order valence-corrected chi connectivity index (χ2v) is 6.55. The Morgan fingerprint density at radius 3 is 2.81 bits per heavy atom. The normalized spacial score (nSPS) is 14.4. The van der Waals surface area contributed by atoms with E-state index in [0.717, 1.165) is 10.9 Å². The van der Waals surface area contributed by atoms with Crippen LogP contribution in [0.15, 0.2) is 49.1 Å². The van der Waals surface area contributed by atoms with Gasteiger partial charge < -0.3 is 15.6 Å². The Hall–Kier alpha value is -3.41. The molecule has 2 heterocycles. The number of aromatic nitrogens is 1. The molecule has 3 aromatic rings. The number of amides is 2. The van der Waals surface area contributed by atoms with Crippen LogP contribution in [0.5, 0.6) is 0 Å². The van der Waals surface area contributed by atoms with Crippen molar-refractivity contribution >= 4 is 39.2 Å². The minimum atomic E-state index is -0.696. The molecule has 0 bridgehead atoms. The van der Waals surface area contributed by atoms with Crippen molar-refractivity contribution in [3.63, 3.8) is 0 Å². The van der Waals surface area contributed by atoms with Crippen molar-refractivity contribution in [3.05, 3.63) is 66.0 Å². The Kier molecular flexibility index (Phi) is 4.03. The number of nitrogens with zero attached hydrogens (tertiary/aromatic N) is 1. The average molecular weight is 363 g/mol. The predicted octanol–water partition coefficient (Wildman–Crippen LogP) is 3.36. The van der Waals surface area contributed by atoms with Gasteiger partial charge >= 0.3 is 0 Å². The third-order valence-electron chi connectivity index (χ3n) is 4.96. The maximum Gasteiger partial charge on any atom is 0.250 e. The zero-order valence-electron chi connectivity index (χ0n) is 14.6. The average Bonchev–Trinajstić information content (AvgIpc) is 3.06. The number of aromatic amines is 1. The Morgan fingerprint density at radius 1 is 1.30 bits per heavy atom. The number of para-hydroxylation sites is 1. The molecule has 27 heavy (non-hydrogen) atoms. The molecule has 1 aliphatic heterocycles. The van der Waals surface area contributed by atoms with E-state index in [9.17, 15) is 9.59 Å². The molecule has 5 nitrogen and oxygen atoms in total. The molecule has 0 atom stereocenters. The van der Waals surface area contributed by atoms with Crippen molar-refractivity contribution in [3.8, 4) is 0 Å². The van der Waals surface area contributed by atoms with Crippen molar-refractivity contribution < 1.29 is 14.0 Å². The number of benzene rings is 2. The molecule has 0 spiro atoms. The van der Waals surface area contributed by atoms with Gasteiger partial charge in [-0.1, -0.05) is 30.9 Å². The topological polar surface area (TPSA) is 79.2 Å². The first-order chi connectivity index (χ1) is 13.0. The predicted molar refractivity (Wildman–Crippen MR) is 104 cm³/mol. The SMILES string of the molecule is C=CC(=O)N1CCC=C(c2c(F)cc(C(N)=O)c3[nH]c4ccccc4c23)C1. The number of hydrogen-bond acceptors (Lipinski definition) is 2. The van der Waals surface area contributed by atoms with E-state index in [2.05, 4.69) is 11.6 Å². The Labute approximate surface area is 154 Å². The van der Waals surface area contributed by atoms with Gasteiger partial charge in [0.15, 0.2) is 0 Å². The maximum atomic E-state index is 15.2. The number of carbonyl (C=O) groups excluding carboxylic acids is 2. The minimum Gasteiger partial charge on any atom is -0.366 e. The van der Waals surface area contributed by atoms with Crippen LogP contribution >= 0.6 is 0 Å². The first-order valence-corrected chi connectivity index (χ1v) is 8.64. The van der Waals surface area contributed by atoms with Crippen molar-refractivity contribution in [1.82, 2.24) is 9.88 Å². The van der Waals surface area contributed by atoms with E-state index in [1.165, 1.54) is 12.1 Å². The molecule has 2 amide bonds. The third-order valence-corrected chi connectivity index (χ3v) is 4.96. The van der Waals surface area contributed by atoms with Gasteiger partial charge in [-0.25, -0.2) is 4.39 Å². The van der Waals surface area contributed by atoms with Gasteiger partial charge in [0.1, 0.15) is 5.82 Å². The molecule has 0 radical (unpaired) electrons. The lowest BCUT2D eigenvalue weighted by molar-refractivity contribution is -0.125. The first kappa shape index (κ1) is 17.0. The Morgan fingerprint density at radius 2 is 2.07 bits per heavy atom. The van der Waals surface area contributed by atoms with Crippen LogP contribution in [0.1, 0.15) is 22.3 Å². The zero-order chi connectivity index (χ0) is 19.1. The highest BCUT2D eigenvalue weighted by Crippen LogP contribution is 2.37. The van der Waals surface area contributed by atoms with Gasteiger partial charge in [0.05, 0.1) is 11.1 Å². The lowest BCUT2D eigenvalue weighted by Gasteiger charge is -2.27. The van der Waals surface area contributed by atoms with Gasteiger partial charge in [-0.2, -0.15) is 0 Å². The van der Waals surface area contributed by atoms with Crippen molar-refractivity contribution in [2.45, 2.75) is 6.42 Å². The highest BCUT2D eigenvalue weighted by Gasteiger charge is 2.25. The lowest BCUT2D eigenvalue weighted by Crippen LogP contribution is -2.34. The quantitative estimate of drug-likeness (QED) is 0.700. The fourth-order valence-corrected chi connectivity index (χ4v) is 3.74. The van der Waals surface area contributed by atoms with E-state index in [1.54, 1.807) is 4.90 Å². The molecule has 0 saturated carbocycles. The molecule has 0 aliphatic carbocycles. The summed E-state index contributed by atoms with van der Waals surface area (Å²) in [4.78, 5) is 28.7. The fraction of sp³-hybridized carbons (Fsp3) is 0.143. The largest absolute Gasteiger partial charge is 0.366 e. The highest BCUT2D eigenvalue weighted by molar-refractivity contribution is 6.18. The van der Waals surface area contributed by atoms with Gasteiger partial charge in [0, 0.05) is 34.9 Å². The number of H-pyrrole nitrogens is 1. The van der Waals surface area contributed by atoms with Gasteiger partial charge in [-0.3, -0.25) is 9.59 Å². The number of fused-ring (bicyclic) bond motifs is 3. The molecule has 6 heteroatoms. The van der Waals surface area contributed by atoms with Crippen LogP contribution in [0, 0.1) is 5.82 Å². The molecule has 1 aromatic heterocycles. The lowest BCUT2D eigenvalue weighted by atomic mass is 9.93. The summed E-state index contributed by atoms with van der Waals surface area (Å²) in [6.07, 6.45) is 3.82. The number of nitrogens with two attached hydrogens (primary N) is 1. The molecule has 2 aromatic carbocycles. The summed E-state index contributed by atoms with van der Waals surface area (Å²) >= 11 is 0. The molecular weight excluding hydrogens is 345 g/mol. The van der Waals surface area contributed by atoms with Crippen LogP contribution in [0.25, 0.3) is 27.4 Å². The molecular formula is C21H18FN3O2. The molecule has 3 N–H and O–H groups in total. The molecule has 1 aliphatic rings. The smallest absolute Gasteiger partial charge is 0.250 e. The molecule has 0 saturated heterocycles. The Bertz CT molecular complexity index is 1140. The number of carbonyl (C=O) groups is 2.